The number of carbonyl (C=O) groups is 2. The zero-order valence-corrected chi connectivity index (χ0v) is 14.8. The minimum atomic E-state index is -0.346. The highest BCUT2D eigenvalue weighted by Crippen LogP contribution is 2.32. The van der Waals surface area contributed by atoms with E-state index in [1.807, 2.05) is 0 Å². The number of ether oxygens (including phenoxy) is 1. The second-order valence-electron chi connectivity index (χ2n) is 6.23. The minimum absolute atomic E-state index is 0.109. The Morgan fingerprint density at radius 3 is 2.60 bits per heavy atom. The molecule has 1 aromatic rings. The first-order chi connectivity index (χ1) is 12.0. The van der Waals surface area contributed by atoms with E-state index in [1.165, 1.54) is 4.90 Å². The number of hydrogen-bond donors (Lipinski definition) is 1. The molecule has 25 heavy (non-hydrogen) atoms. The van der Waals surface area contributed by atoms with Crippen molar-refractivity contribution in [1.29, 1.82) is 0 Å². The van der Waals surface area contributed by atoms with Gasteiger partial charge >= 0.3 is 0 Å². The Labute approximate surface area is 151 Å². The van der Waals surface area contributed by atoms with Crippen LogP contribution in [0.5, 0.6) is 0 Å². The van der Waals surface area contributed by atoms with Crippen molar-refractivity contribution in [2.75, 3.05) is 33.4 Å². The first-order valence-corrected chi connectivity index (χ1v) is 8.70. The summed E-state index contributed by atoms with van der Waals surface area (Å²) in [5.41, 5.74) is 1.28. The summed E-state index contributed by atoms with van der Waals surface area (Å²) in [7, 11) is 1.70. The van der Waals surface area contributed by atoms with Gasteiger partial charge in [0.2, 0.25) is 0 Å². The third-order valence-corrected chi connectivity index (χ3v) is 4.76. The molecule has 1 fully saturated rings. The average molecular weight is 365 g/mol. The molecule has 7 heteroatoms. The summed E-state index contributed by atoms with van der Waals surface area (Å²) in [5, 5.41) is 9.78. The van der Waals surface area contributed by atoms with Gasteiger partial charge in [0.25, 0.3) is 11.8 Å². The standard InChI is InChI=1S/C18H21ClN2O4/c1-20(8-9-22)16-15(12-4-6-13(19)7-5-12)17(23)21(18(16)24)11-14-3-2-10-25-14/h4-7,14,22H,2-3,8-11H2,1H3. The van der Waals surface area contributed by atoms with Crippen molar-refractivity contribution in [2.45, 2.75) is 18.9 Å². The molecule has 1 atom stereocenters. The van der Waals surface area contributed by atoms with E-state index in [0.717, 1.165) is 12.8 Å². The number of aliphatic hydroxyl groups is 1. The number of carbonyl (C=O) groups excluding carboxylic acids is 2. The number of nitrogens with zero attached hydrogens (tertiary/aromatic N) is 2. The van der Waals surface area contributed by atoms with E-state index < -0.39 is 0 Å². The van der Waals surface area contributed by atoms with Crippen LogP contribution in [0.2, 0.25) is 5.02 Å². The highest BCUT2D eigenvalue weighted by atomic mass is 35.5. The predicted octanol–water partition coefficient (Wildman–Crippen LogP) is 1.52. The van der Waals surface area contributed by atoms with Crippen LogP contribution >= 0.6 is 11.6 Å². The molecular weight excluding hydrogens is 344 g/mol. The number of likely N-dealkylation sites (N-methyl/N-ethyl adjacent to an activating group) is 1. The first-order valence-electron chi connectivity index (χ1n) is 8.33. The van der Waals surface area contributed by atoms with Gasteiger partial charge < -0.3 is 14.7 Å². The maximum absolute atomic E-state index is 13.0. The molecule has 1 saturated heterocycles. The van der Waals surface area contributed by atoms with Crippen molar-refractivity contribution in [2.24, 2.45) is 0 Å². The summed E-state index contributed by atoms with van der Waals surface area (Å²) < 4.78 is 5.58. The van der Waals surface area contributed by atoms with Gasteiger partial charge in [-0.2, -0.15) is 0 Å². The molecule has 0 radical (unpaired) electrons. The van der Waals surface area contributed by atoms with Crippen LogP contribution < -0.4 is 0 Å². The quantitative estimate of drug-likeness (QED) is 0.775. The Morgan fingerprint density at radius 2 is 2.00 bits per heavy atom. The Balaban J connectivity index is 1.96. The molecule has 6 nitrogen and oxygen atoms in total. The van der Waals surface area contributed by atoms with Crippen LogP contribution in [0.25, 0.3) is 5.57 Å². The average Bonchev–Trinajstić information content (AvgIpc) is 3.18. The molecule has 1 aromatic carbocycles. The van der Waals surface area contributed by atoms with Gasteiger partial charge in [-0.3, -0.25) is 14.5 Å². The molecule has 0 bridgehead atoms. The molecule has 2 aliphatic heterocycles. The number of benzene rings is 1. The number of hydrogen-bond acceptors (Lipinski definition) is 5. The van der Waals surface area contributed by atoms with Gasteiger partial charge in [0.15, 0.2) is 0 Å². The van der Waals surface area contributed by atoms with E-state index in [4.69, 9.17) is 16.3 Å². The van der Waals surface area contributed by atoms with Gasteiger partial charge in [-0.1, -0.05) is 23.7 Å². The molecule has 2 amide bonds. The number of amides is 2. The van der Waals surface area contributed by atoms with Crippen LogP contribution in [-0.4, -0.2) is 66.2 Å². The summed E-state index contributed by atoms with van der Waals surface area (Å²) in [6, 6.07) is 6.83. The van der Waals surface area contributed by atoms with Crippen LogP contribution in [0.1, 0.15) is 18.4 Å². The lowest BCUT2D eigenvalue weighted by Gasteiger charge is -2.22. The van der Waals surface area contributed by atoms with Crippen LogP contribution in [0.3, 0.4) is 0 Å². The van der Waals surface area contributed by atoms with Crippen LogP contribution in [0.15, 0.2) is 30.0 Å². The van der Waals surface area contributed by atoms with Gasteiger partial charge in [-0.25, -0.2) is 0 Å². The first kappa shape index (κ1) is 17.9. The molecule has 134 valence electrons. The third-order valence-electron chi connectivity index (χ3n) is 4.50. The van der Waals surface area contributed by atoms with E-state index >= 15 is 0 Å². The molecule has 2 heterocycles. The number of imide groups is 1. The van der Waals surface area contributed by atoms with Crippen LogP contribution in [0, 0.1) is 0 Å². The summed E-state index contributed by atoms with van der Waals surface area (Å²) >= 11 is 5.94. The summed E-state index contributed by atoms with van der Waals surface area (Å²) in [6.07, 6.45) is 1.67. The Hall–Kier alpha value is -1.89. The topological polar surface area (TPSA) is 70.1 Å². The second-order valence-corrected chi connectivity index (χ2v) is 6.67. The van der Waals surface area contributed by atoms with E-state index in [-0.39, 0.29) is 37.6 Å². The molecule has 1 unspecified atom stereocenters. The zero-order valence-electron chi connectivity index (χ0n) is 14.1. The van der Waals surface area contributed by atoms with Crippen molar-refractivity contribution < 1.29 is 19.4 Å². The van der Waals surface area contributed by atoms with Crippen molar-refractivity contribution >= 4 is 29.0 Å². The third kappa shape index (κ3) is 3.56. The molecule has 0 aliphatic carbocycles. The molecule has 0 aromatic heterocycles. The molecular formula is C18H21ClN2O4. The molecule has 3 rings (SSSR count). The normalized spacial score (nSPS) is 20.8. The van der Waals surface area contributed by atoms with Gasteiger partial charge in [0.05, 0.1) is 24.8 Å². The second kappa shape index (κ2) is 7.56. The van der Waals surface area contributed by atoms with E-state index in [2.05, 4.69) is 0 Å². The lowest BCUT2D eigenvalue weighted by atomic mass is 10.0. The van der Waals surface area contributed by atoms with Crippen molar-refractivity contribution in [3.8, 4) is 0 Å². The maximum atomic E-state index is 13.0. The lowest BCUT2D eigenvalue weighted by molar-refractivity contribution is -0.139. The molecule has 0 spiro atoms. The van der Waals surface area contributed by atoms with E-state index in [0.29, 0.717) is 28.5 Å². The smallest absolute Gasteiger partial charge is 0.277 e. The molecule has 1 N–H and O–H groups in total. The minimum Gasteiger partial charge on any atom is -0.395 e. The van der Waals surface area contributed by atoms with Crippen molar-refractivity contribution in [1.82, 2.24) is 9.80 Å². The SMILES string of the molecule is CN(CCO)C1=C(c2ccc(Cl)cc2)C(=O)N(CC2CCCO2)C1=O. The molecule has 2 aliphatic rings. The molecule has 0 saturated carbocycles. The summed E-state index contributed by atoms with van der Waals surface area (Å²) in [5.74, 6) is -0.677. The fourth-order valence-electron chi connectivity index (χ4n) is 3.21. The lowest BCUT2D eigenvalue weighted by Crippen LogP contribution is -2.39. The monoisotopic (exact) mass is 364 g/mol. The van der Waals surface area contributed by atoms with Gasteiger partial charge in [0.1, 0.15) is 5.70 Å². The van der Waals surface area contributed by atoms with Crippen LogP contribution in [-0.2, 0) is 14.3 Å². The summed E-state index contributed by atoms with van der Waals surface area (Å²) in [4.78, 5) is 28.8. The van der Waals surface area contributed by atoms with Gasteiger partial charge in [-0.05, 0) is 30.5 Å². The van der Waals surface area contributed by atoms with Crippen LogP contribution in [0.4, 0.5) is 0 Å². The number of aliphatic hydroxyl groups excluding tert-OH is 1. The number of halogens is 1. The van der Waals surface area contributed by atoms with E-state index in [9.17, 15) is 14.7 Å². The van der Waals surface area contributed by atoms with Crippen molar-refractivity contribution in [3.05, 3.63) is 40.5 Å². The van der Waals surface area contributed by atoms with E-state index in [1.54, 1.807) is 36.2 Å². The Morgan fingerprint density at radius 1 is 1.28 bits per heavy atom. The van der Waals surface area contributed by atoms with Gasteiger partial charge in [-0.15, -0.1) is 0 Å². The van der Waals surface area contributed by atoms with Crippen molar-refractivity contribution in [3.63, 3.8) is 0 Å². The summed E-state index contributed by atoms with van der Waals surface area (Å²) in [6.45, 7) is 1.07. The largest absolute Gasteiger partial charge is 0.395 e. The fraction of sp³-hybridized carbons (Fsp3) is 0.444. The fourth-order valence-corrected chi connectivity index (χ4v) is 3.34. The highest BCUT2D eigenvalue weighted by molar-refractivity contribution is 6.36. The highest BCUT2D eigenvalue weighted by Gasteiger charge is 2.41. The Bertz CT molecular complexity index is 696. The van der Waals surface area contributed by atoms with Gasteiger partial charge in [0, 0.05) is 25.2 Å². The number of rotatable bonds is 6. The zero-order chi connectivity index (χ0) is 18.0. The predicted molar refractivity (Wildman–Crippen MR) is 93.8 cm³/mol. The Kier molecular flexibility index (Phi) is 5.42. The maximum Gasteiger partial charge on any atom is 0.277 e.